The first kappa shape index (κ1) is 13.1. The van der Waals surface area contributed by atoms with Crippen LogP contribution in [-0.2, 0) is 6.42 Å². The summed E-state index contributed by atoms with van der Waals surface area (Å²) in [5.41, 5.74) is 9.67. The number of methoxy groups -OCH3 is 1. The Labute approximate surface area is 115 Å². The lowest BCUT2D eigenvalue weighted by Gasteiger charge is -2.07. The van der Waals surface area contributed by atoms with E-state index in [2.05, 4.69) is 26.1 Å². The van der Waals surface area contributed by atoms with Crippen molar-refractivity contribution in [3.05, 3.63) is 33.9 Å². The second kappa shape index (κ2) is 5.54. The quantitative estimate of drug-likeness (QED) is 0.912. The van der Waals surface area contributed by atoms with Crippen LogP contribution in [0.1, 0.15) is 11.3 Å². The SMILES string of the molecule is COc1ccc(Br)cc1-c1n[nH]c(CCN)c1C. The van der Waals surface area contributed by atoms with Crippen LogP contribution in [0, 0.1) is 6.92 Å². The van der Waals surface area contributed by atoms with E-state index in [1.165, 1.54) is 0 Å². The third-order valence-electron chi connectivity index (χ3n) is 2.92. The van der Waals surface area contributed by atoms with Gasteiger partial charge in [0.25, 0.3) is 0 Å². The van der Waals surface area contributed by atoms with Crippen LogP contribution in [-0.4, -0.2) is 23.9 Å². The molecule has 0 radical (unpaired) electrons. The first-order chi connectivity index (χ1) is 8.67. The van der Waals surface area contributed by atoms with Crippen LogP contribution in [0.5, 0.6) is 5.75 Å². The van der Waals surface area contributed by atoms with E-state index in [9.17, 15) is 0 Å². The van der Waals surface area contributed by atoms with E-state index in [0.717, 1.165) is 39.2 Å². The van der Waals surface area contributed by atoms with Crippen LogP contribution in [0.3, 0.4) is 0 Å². The molecule has 0 spiro atoms. The summed E-state index contributed by atoms with van der Waals surface area (Å²) in [6.07, 6.45) is 0.801. The standard InChI is InChI=1S/C13H16BrN3O/c1-8-11(5-6-15)16-17-13(8)10-7-9(14)3-4-12(10)18-2/h3-4,7H,5-6,15H2,1-2H3,(H,16,17). The maximum atomic E-state index is 5.58. The molecular weight excluding hydrogens is 294 g/mol. The molecule has 0 unspecified atom stereocenters. The van der Waals surface area contributed by atoms with Gasteiger partial charge in [0, 0.05) is 22.2 Å². The number of hydrogen-bond acceptors (Lipinski definition) is 3. The predicted molar refractivity (Wildman–Crippen MR) is 75.8 cm³/mol. The van der Waals surface area contributed by atoms with Crippen LogP contribution in [0.25, 0.3) is 11.3 Å². The van der Waals surface area contributed by atoms with Gasteiger partial charge in [-0.15, -0.1) is 0 Å². The van der Waals surface area contributed by atoms with Crippen molar-refractivity contribution in [2.75, 3.05) is 13.7 Å². The molecule has 3 N–H and O–H groups in total. The lowest BCUT2D eigenvalue weighted by Crippen LogP contribution is -2.03. The number of H-pyrrole nitrogens is 1. The van der Waals surface area contributed by atoms with E-state index in [0.29, 0.717) is 6.54 Å². The van der Waals surface area contributed by atoms with Crippen LogP contribution in [0.2, 0.25) is 0 Å². The van der Waals surface area contributed by atoms with Crippen molar-refractivity contribution in [1.82, 2.24) is 10.2 Å². The van der Waals surface area contributed by atoms with Crippen molar-refractivity contribution in [1.29, 1.82) is 0 Å². The Kier molecular flexibility index (Phi) is 4.04. The maximum Gasteiger partial charge on any atom is 0.128 e. The molecule has 0 amide bonds. The first-order valence-corrected chi connectivity index (χ1v) is 6.54. The number of rotatable bonds is 4. The van der Waals surface area contributed by atoms with Crippen molar-refractivity contribution >= 4 is 15.9 Å². The minimum Gasteiger partial charge on any atom is -0.496 e. The number of hydrogen-bond donors (Lipinski definition) is 2. The summed E-state index contributed by atoms with van der Waals surface area (Å²) < 4.78 is 6.38. The van der Waals surface area contributed by atoms with Crippen molar-refractivity contribution in [3.8, 4) is 17.0 Å². The fraction of sp³-hybridized carbons (Fsp3) is 0.308. The molecule has 0 fully saturated rings. The highest BCUT2D eigenvalue weighted by Gasteiger charge is 2.14. The van der Waals surface area contributed by atoms with Gasteiger partial charge in [0.05, 0.1) is 12.8 Å². The Morgan fingerprint density at radius 1 is 1.44 bits per heavy atom. The molecule has 0 saturated heterocycles. The molecule has 1 aromatic carbocycles. The van der Waals surface area contributed by atoms with Gasteiger partial charge < -0.3 is 10.5 Å². The number of aromatic amines is 1. The highest BCUT2D eigenvalue weighted by molar-refractivity contribution is 9.10. The Hall–Kier alpha value is -1.33. The summed E-state index contributed by atoms with van der Waals surface area (Å²) in [4.78, 5) is 0. The van der Waals surface area contributed by atoms with Gasteiger partial charge in [-0.1, -0.05) is 15.9 Å². The van der Waals surface area contributed by atoms with E-state index in [1.807, 2.05) is 25.1 Å². The van der Waals surface area contributed by atoms with Crippen molar-refractivity contribution in [3.63, 3.8) is 0 Å². The summed E-state index contributed by atoms with van der Waals surface area (Å²) in [5.74, 6) is 0.812. The van der Waals surface area contributed by atoms with E-state index < -0.39 is 0 Å². The number of benzene rings is 1. The van der Waals surface area contributed by atoms with Crippen LogP contribution in [0.15, 0.2) is 22.7 Å². The molecule has 0 bridgehead atoms. The molecule has 1 aromatic heterocycles. The largest absolute Gasteiger partial charge is 0.496 e. The smallest absolute Gasteiger partial charge is 0.128 e. The third-order valence-corrected chi connectivity index (χ3v) is 3.41. The fourth-order valence-electron chi connectivity index (χ4n) is 1.95. The van der Waals surface area contributed by atoms with Gasteiger partial charge in [-0.3, -0.25) is 5.10 Å². The molecule has 0 aliphatic heterocycles. The maximum absolute atomic E-state index is 5.58. The molecule has 2 rings (SSSR count). The van der Waals surface area contributed by atoms with Gasteiger partial charge in [-0.25, -0.2) is 0 Å². The number of halogens is 1. The first-order valence-electron chi connectivity index (χ1n) is 5.75. The zero-order chi connectivity index (χ0) is 13.1. The average Bonchev–Trinajstić information content (AvgIpc) is 2.72. The normalized spacial score (nSPS) is 10.7. The lowest BCUT2D eigenvalue weighted by atomic mass is 10.0. The molecule has 18 heavy (non-hydrogen) atoms. The predicted octanol–water partition coefficient (Wildman–Crippen LogP) is 2.66. The summed E-state index contributed by atoms with van der Waals surface area (Å²) >= 11 is 3.47. The monoisotopic (exact) mass is 309 g/mol. The number of nitrogens with two attached hydrogens (primary N) is 1. The van der Waals surface area contributed by atoms with Crippen molar-refractivity contribution < 1.29 is 4.74 Å². The minimum absolute atomic E-state index is 0.609. The second-order valence-corrected chi connectivity index (χ2v) is 4.97. The number of ether oxygens (including phenoxy) is 1. The fourth-order valence-corrected chi connectivity index (χ4v) is 2.31. The van der Waals surface area contributed by atoms with Gasteiger partial charge in [-0.05, 0) is 37.2 Å². The van der Waals surface area contributed by atoms with E-state index in [4.69, 9.17) is 10.5 Å². The molecule has 5 heteroatoms. The zero-order valence-corrected chi connectivity index (χ0v) is 12.0. The zero-order valence-electron chi connectivity index (χ0n) is 10.5. The Balaban J connectivity index is 2.51. The summed E-state index contributed by atoms with van der Waals surface area (Å²) in [6, 6.07) is 5.88. The average molecular weight is 310 g/mol. The summed E-state index contributed by atoms with van der Waals surface area (Å²) in [5, 5.41) is 7.42. The molecule has 0 atom stereocenters. The molecule has 0 aliphatic carbocycles. The minimum atomic E-state index is 0.609. The van der Waals surface area contributed by atoms with E-state index in [1.54, 1.807) is 7.11 Å². The van der Waals surface area contributed by atoms with Gasteiger partial charge in [-0.2, -0.15) is 5.10 Å². The van der Waals surface area contributed by atoms with Crippen LogP contribution >= 0.6 is 15.9 Å². The highest BCUT2D eigenvalue weighted by atomic mass is 79.9. The van der Waals surface area contributed by atoms with Crippen LogP contribution < -0.4 is 10.5 Å². The molecule has 1 heterocycles. The molecule has 96 valence electrons. The Morgan fingerprint density at radius 2 is 2.22 bits per heavy atom. The molecule has 0 aliphatic rings. The second-order valence-electron chi connectivity index (χ2n) is 4.06. The molecule has 2 aromatic rings. The number of nitrogens with one attached hydrogen (secondary N) is 1. The third kappa shape index (κ3) is 2.42. The Bertz CT molecular complexity index is 551. The van der Waals surface area contributed by atoms with Gasteiger partial charge >= 0.3 is 0 Å². The van der Waals surface area contributed by atoms with Gasteiger partial charge in [0.1, 0.15) is 5.75 Å². The number of aromatic nitrogens is 2. The van der Waals surface area contributed by atoms with Crippen LogP contribution in [0.4, 0.5) is 0 Å². The topological polar surface area (TPSA) is 63.9 Å². The van der Waals surface area contributed by atoms with Gasteiger partial charge in [0.15, 0.2) is 0 Å². The van der Waals surface area contributed by atoms with Crippen molar-refractivity contribution in [2.45, 2.75) is 13.3 Å². The van der Waals surface area contributed by atoms with E-state index >= 15 is 0 Å². The highest BCUT2D eigenvalue weighted by Crippen LogP contribution is 2.34. The lowest BCUT2D eigenvalue weighted by molar-refractivity contribution is 0.416. The summed E-state index contributed by atoms with van der Waals surface area (Å²) in [6.45, 7) is 2.66. The Morgan fingerprint density at radius 3 is 2.89 bits per heavy atom. The van der Waals surface area contributed by atoms with Crippen molar-refractivity contribution in [2.24, 2.45) is 5.73 Å². The van der Waals surface area contributed by atoms with Gasteiger partial charge in [0.2, 0.25) is 0 Å². The molecule has 4 nitrogen and oxygen atoms in total. The number of nitrogens with zero attached hydrogens (tertiary/aromatic N) is 1. The molecule has 0 saturated carbocycles. The summed E-state index contributed by atoms with van der Waals surface area (Å²) in [7, 11) is 1.66. The molecular formula is C13H16BrN3O. The van der Waals surface area contributed by atoms with E-state index in [-0.39, 0.29) is 0 Å².